The van der Waals surface area contributed by atoms with Gasteiger partial charge in [-0.1, -0.05) is 194 Å². The molecule has 0 spiro atoms. The molecule has 2 amide bonds. The maximum Gasteiger partial charge on any atom is 0.232 e. The van der Waals surface area contributed by atoms with Crippen molar-refractivity contribution in [1.82, 2.24) is 9.80 Å². The molecule has 0 aromatic rings. The van der Waals surface area contributed by atoms with Crippen molar-refractivity contribution in [3.63, 3.8) is 0 Å². The van der Waals surface area contributed by atoms with E-state index in [1.54, 1.807) is 9.80 Å². The van der Waals surface area contributed by atoms with Crippen LogP contribution in [0.2, 0.25) is 0 Å². The molecule has 0 aliphatic carbocycles. The number of carbonyl (C=O) groups excluding carboxylic acids is 2. The highest BCUT2D eigenvalue weighted by Gasteiger charge is 2.21. The van der Waals surface area contributed by atoms with Gasteiger partial charge in [0, 0.05) is 26.2 Å². The number of rotatable bonds is 38. The summed E-state index contributed by atoms with van der Waals surface area (Å²) >= 11 is 0. The quantitative estimate of drug-likeness (QED) is 0.0507. The number of aliphatic hydroxyl groups excluding tert-OH is 2. The van der Waals surface area contributed by atoms with E-state index in [2.05, 4.69) is 13.8 Å². The summed E-state index contributed by atoms with van der Waals surface area (Å²) in [6.07, 6.45) is 38.8. The molecule has 280 valence electrons. The molecular weight excluding hydrogens is 584 g/mol. The molecule has 6 heteroatoms. The van der Waals surface area contributed by atoms with Gasteiger partial charge in [-0.25, -0.2) is 0 Å². The van der Waals surface area contributed by atoms with Crippen molar-refractivity contribution >= 4 is 11.8 Å². The van der Waals surface area contributed by atoms with Gasteiger partial charge in [0.15, 0.2) is 0 Å². The molecule has 6 nitrogen and oxygen atoms in total. The maximum atomic E-state index is 12.9. The van der Waals surface area contributed by atoms with E-state index in [1.807, 2.05) is 0 Å². The van der Waals surface area contributed by atoms with E-state index < -0.39 is 0 Å². The lowest BCUT2D eigenvalue weighted by Gasteiger charge is -2.25. The molecule has 0 aromatic heterocycles. The molecule has 0 bridgehead atoms. The van der Waals surface area contributed by atoms with Crippen LogP contribution in [0.15, 0.2) is 0 Å². The number of hydrogen-bond acceptors (Lipinski definition) is 4. The maximum absolute atomic E-state index is 12.9. The highest BCUT2D eigenvalue weighted by atomic mass is 16.3. The van der Waals surface area contributed by atoms with E-state index in [-0.39, 0.29) is 44.5 Å². The topological polar surface area (TPSA) is 81.1 Å². The lowest BCUT2D eigenvalue weighted by atomic mass is 10.0. The standard InChI is InChI=1S/C41H82N2O4/c1-3-5-7-9-11-13-15-17-19-21-23-25-27-29-31-33-42(35-37-44)40(46)39-41(47)43(36-38-45)34-32-30-28-26-24-22-20-18-16-14-12-10-8-6-4-2/h44-45H,3-39H2,1-2H3. The lowest BCUT2D eigenvalue weighted by molar-refractivity contribution is -0.141. The first-order chi connectivity index (χ1) is 23.1. The van der Waals surface area contributed by atoms with Gasteiger partial charge in [0.25, 0.3) is 0 Å². The van der Waals surface area contributed by atoms with Gasteiger partial charge >= 0.3 is 0 Å². The van der Waals surface area contributed by atoms with E-state index in [0.717, 1.165) is 25.7 Å². The zero-order chi connectivity index (χ0) is 34.5. The van der Waals surface area contributed by atoms with Crippen LogP contribution in [0, 0.1) is 0 Å². The van der Waals surface area contributed by atoms with E-state index in [9.17, 15) is 19.8 Å². The molecule has 0 saturated heterocycles. The van der Waals surface area contributed by atoms with Crippen molar-refractivity contribution in [1.29, 1.82) is 0 Å². The van der Waals surface area contributed by atoms with Gasteiger partial charge in [0.05, 0.1) is 13.2 Å². The van der Waals surface area contributed by atoms with Gasteiger partial charge in [-0.2, -0.15) is 0 Å². The number of aliphatic hydroxyl groups is 2. The monoisotopic (exact) mass is 667 g/mol. The summed E-state index contributed by atoms with van der Waals surface area (Å²) < 4.78 is 0. The molecule has 0 fully saturated rings. The lowest BCUT2D eigenvalue weighted by Crippen LogP contribution is -2.41. The molecule has 0 heterocycles. The first kappa shape index (κ1) is 45.9. The van der Waals surface area contributed by atoms with Crippen molar-refractivity contribution in [3.05, 3.63) is 0 Å². The molecule has 0 aromatic carbocycles. The van der Waals surface area contributed by atoms with Crippen LogP contribution >= 0.6 is 0 Å². The zero-order valence-corrected chi connectivity index (χ0v) is 31.8. The van der Waals surface area contributed by atoms with Gasteiger partial charge in [0.2, 0.25) is 11.8 Å². The Hall–Kier alpha value is -1.14. The number of carbonyl (C=O) groups is 2. The third kappa shape index (κ3) is 31.9. The minimum absolute atomic E-state index is 0.0852. The Labute approximate surface area is 293 Å². The minimum atomic E-state index is -0.200. The Kier molecular flexibility index (Phi) is 36.8. The largest absolute Gasteiger partial charge is 0.395 e. The summed E-state index contributed by atoms with van der Waals surface area (Å²) in [4.78, 5) is 29.2. The van der Waals surface area contributed by atoms with Crippen molar-refractivity contribution in [2.45, 2.75) is 213 Å². The molecule has 0 aliphatic rings. The molecule has 47 heavy (non-hydrogen) atoms. The Balaban J connectivity index is 3.95. The van der Waals surface area contributed by atoms with Crippen molar-refractivity contribution in [2.75, 3.05) is 39.4 Å². The Morgan fingerprint density at radius 1 is 0.340 bits per heavy atom. The minimum Gasteiger partial charge on any atom is -0.395 e. The van der Waals surface area contributed by atoms with E-state index in [4.69, 9.17) is 0 Å². The fraction of sp³-hybridized carbons (Fsp3) is 0.951. The van der Waals surface area contributed by atoms with Crippen molar-refractivity contribution < 1.29 is 19.8 Å². The second-order valence-electron chi connectivity index (χ2n) is 14.3. The van der Waals surface area contributed by atoms with Crippen LogP contribution in [0.3, 0.4) is 0 Å². The highest BCUT2D eigenvalue weighted by Crippen LogP contribution is 2.15. The van der Waals surface area contributed by atoms with Crippen LogP contribution in [0.5, 0.6) is 0 Å². The average molecular weight is 667 g/mol. The van der Waals surface area contributed by atoms with Crippen LogP contribution in [0.4, 0.5) is 0 Å². The first-order valence-electron chi connectivity index (χ1n) is 20.9. The van der Waals surface area contributed by atoms with E-state index in [1.165, 1.54) is 167 Å². The number of amides is 2. The second-order valence-corrected chi connectivity index (χ2v) is 14.3. The third-order valence-electron chi connectivity index (χ3n) is 9.81. The van der Waals surface area contributed by atoms with Crippen LogP contribution in [0.25, 0.3) is 0 Å². The summed E-state index contributed by atoms with van der Waals surface area (Å²) in [5.41, 5.74) is 0. The predicted molar refractivity (Wildman–Crippen MR) is 202 cm³/mol. The average Bonchev–Trinajstić information content (AvgIpc) is 3.07. The first-order valence-corrected chi connectivity index (χ1v) is 20.9. The predicted octanol–water partition coefficient (Wildman–Crippen LogP) is 10.8. The molecule has 0 saturated carbocycles. The second kappa shape index (κ2) is 37.7. The van der Waals surface area contributed by atoms with Crippen LogP contribution < -0.4 is 0 Å². The van der Waals surface area contributed by atoms with Gasteiger partial charge in [-0.05, 0) is 12.8 Å². The van der Waals surface area contributed by atoms with Crippen LogP contribution in [-0.2, 0) is 9.59 Å². The van der Waals surface area contributed by atoms with Gasteiger partial charge < -0.3 is 20.0 Å². The summed E-state index contributed by atoms with van der Waals surface area (Å²) in [7, 11) is 0. The van der Waals surface area contributed by atoms with Crippen LogP contribution in [-0.4, -0.2) is 71.2 Å². The number of unbranched alkanes of at least 4 members (excludes halogenated alkanes) is 28. The fourth-order valence-electron chi connectivity index (χ4n) is 6.66. The normalized spacial score (nSPS) is 11.3. The van der Waals surface area contributed by atoms with E-state index in [0.29, 0.717) is 13.1 Å². The van der Waals surface area contributed by atoms with Gasteiger partial charge in [0.1, 0.15) is 6.42 Å². The molecular formula is C41H82N2O4. The van der Waals surface area contributed by atoms with Crippen molar-refractivity contribution in [3.8, 4) is 0 Å². The summed E-state index contributed by atoms with van der Waals surface area (Å²) in [6.45, 7) is 6.14. The van der Waals surface area contributed by atoms with Crippen LogP contribution in [0.1, 0.15) is 213 Å². The molecule has 0 unspecified atom stereocenters. The smallest absolute Gasteiger partial charge is 0.232 e. The summed E-state index contributed by atoms with van der Waals surface area (Å²) in [5.74, 6) is -0.400. The third-order valence-corrected chi connectivity index (χ3v) is 9.81. The number of hydrogen-bond donors (Lipinski definition) is 2. The van der Waals surface area contributed by atoms with E-state index >= 15 is 0 Å². The summed E-state index contributed by atoms with van der Waals surface area (Å²) in [6, 6.07) is 0. The van der Waals surface area contributed by atoms with Crippen molar-refractivity contribution in [2.24, 2.45) is 0 Å². The molecule has 0 rings (SSSR count). The fourth-order valence-corrected chi connectivity index (χ4v) is 6.66. The zero-order valence-electron chi connectivity index (χ0n) is 31.8. The van der Waals surface area contributed by atoms with Gasteiger partial charge in [-0.15, -0.1) is 0 Å². The Morgan fingerprint density at radius 2 is 0.553 bits per heavy atom. The summed E-state index contributed by atoms with van der Waals surface area (Å²) in [5, 5.41) is 19.0. The SMILES string of the molecule is CCCCCCCCCCCCCCCCCN(CCO)C(=O)CC(=O)N(CCO)CCCCCCCCCCCCCCCCC. The highest BCUT2D eigenvalue weighted by molar-refractivity contribution is 5.96. The molecule has 2 N–H and O–H groups in total. The molecule has 0 aliphatic heterocycles. The Morgan fingerprint density at radius 3 is 0.766 bits per heavy atom. The Bertz CT molecular complexity index is 605. The molecule has 0 atom stereocenters. The number of nitrogens with zero attached hydrogens (tertiary/aromatic N) is 2. The van der Waals surface area contributed by atoms with Gasteiger partial charge in [-0.3, -0.25) is 9.59 Å². The molecule has 0 radical (unpaired) electrons.